The second-order valence-corrected chi connectivity index (χ2v) is 4.29. The Morgan fingerprint density at radius 1 is 1.40 bits per heavy atom. The number of allylic oxidation sites excluding steroid dienone is 1. The smallest absolute Gasteiger partial charge is 0.212 e. The van der Waals surface area contributed by atoms with Gasteiger partial charge in [0.25, 0.3) is 0 Å². The minimum absolute atomic E-state index is 0.407. The molecule has 1 aromatic heterocycles. The molecule has 3 heteroatoms. The summed E-state index contributed by atoms with van der Waals surface area (Å²) >= 11 is 0. The lowest BCUT2D eigenvalue weighted by molar-refractivity contribution is 0.553. The zero-order valence-electron chi connectivity index (χ0n) is 8.41. The number of nitrogens with zero attached hydrogens (tertiary/aromatic N) is 1. The first kappa shape index (κ1) is 9.04. The van der Waals surface area contributed by atoms with E-state index in [2.05, 4.69) is 16.4 Å². The Labute approximate surface area is 88.2 Å². The first-order valence-corrected chi connectivity index (χ1v) is 5.39. The maximum Gasteiger partial charge on any atom is 0.212 e. The SMILES string of the molecule is Fc1ccc(C2=C[C@@H]3NCC[C@@H]3C2)cn1. The number of pyridine rings is 1. The molecule has 0 unspecified atom stereocenters. The van der Waals surface area contributed by atoms with E-state index in [0.717, 1.165) is 24.4 Å². The van der Waals surface area contributed by atoms with Crippen LogP contribution in [0.1, 0.15) is 18.4 Å². The fraction of sp³-hybridized carbons (Fsp3) is 0.417. The molecule has 0 radical (unpaired) electrons. The quantitative estimate of drug-likeness (QED) is 0.707. The second kappa shape index (κ2) is 3.42. The lowest BCUT2D eigenvalue weighted by Gasteiger charge is -2.06. The monoisotopic (exact) mass is 204 g/mol. The summed E-state index contributed by atoms with van der Waals surface area (Å²) in [6.45, 7) is 1.13. The molecule has 1 aliphatic carbocycles. The Kier molecular flexibility index (Phi) is 2.06. The molecule has 2 heterocycles. The third-order valence-electron chi connectivity index (χ3n) is 3.36. The van der Waals surface area contributed by atoms with Crippen molar-refractivity contribution in [1.82, 2.24) is 10.3 Å². The van der Waals surface area contributed by atoms with Gasteiger partial charge >= 0.3 is 0 Å². The Hall–Kier alpha value is -1.22. The largest absolute Gasteiger partial charge is 0.310 e. The van der Waals surface area contributed by atoms with E-state index < -0.39 is 5.95 Å². The molecule has 15 heavy (non-hydrogen) atoms. The normalized spacial score (nSPS) is 29.0. The molecule has 0 bridgehead atoms. The first-order chi connectivity index (χ1) is 7.33. The molecule has 0 aromatic carbocycles. The molecule has 0 spiro atoms. The van der Waals surface area contributed by atoms with Crippen LogP contribution in [0, 0.1) is 11.9 Å². The summed E-state index contributed by atoms with van der Waals surface area (Å²) in [4.78, 5) is 3.69. The molecule has 1 aliphatic heterocycles. The molecular formula is C12H13FN2. The summed E-state index contributed by atoms with van der Waals surface area (Å²) in [5, 5.41) is 3.46. The van der Waals surface area contributed by atoms with Crippen molar-refractivity contribution in [2.75, 3.05) is 6.54 Å². The fourth-order valence-electron chi connectivity index (χ4n) is 2.55. The maximum absolute atomic E-state index is 12.7. The van der Waals surface area contributed by atoms with Crippen molar-refractivity contribution >= 4 is 5.57 Å². The van der Waals surface area contributed by atoms with Crippen molar-refractivity contribution < 1.29 is 4.39 Å². The predicted molar refractivity (Wildman–Crippen MR) is 56.7 cm³/mol. The van der Waals surface area contributed by atoms with Gasteiger partial charge in [-0.25, -0.2) is 4.98 Å². The standard InChI is InChI=1S/C12H13FN2/c13-12-2-1-9(7-15-12)10-5-8-3-4-14-11(8)6-10/h1-2,6-8,11,14H,3-5H2/t8-,11+/m1/s1. The molecular weight excluding hydrogens is 191 g/mol. The minimum Gasteiger partial charge on any atom is -0.310 e. The fourth-order valence-corrected chi connectivity index (χ4v) is 2.55. The number of rotatable bonds is 1. The van der Waals surface area contributed by atoms with E-state index in [1.165, 1.54) is 18.1 Å². The number of nitrogens with one attached hydrogen (secondary N) is 1. The zero-order chi connectivity index (χ0) is 10.3. The van der Waals surface area contributed by atoms with Gasteiger partial charge in [0.15, 0.2) is 0 Å². The third-order valence-corrected chi connectivity index (χ3v) is 3.36. The van der Waals surface area contributed by atoms with Gasteiger partial charge in [0.1, 0.15) is 0 Å². The Morgan fingerprint density at radius 3 is 3.07 bits per heavy atom. The number of fused-ring (bicyclic) bond motifs is 1. The Balaban J connectivity index is 1.87. The predicted octanol–water partition coefficient (Wildman–Crippen LogP) is 1.99. The van der Waals surface area contributed by atoms with Crippen LogP contribution in [0.15, 0.2) is 24.4 Å². The van der Waals surface area contributed by atoms with Gasteiger partial charge in [-0.2, -0.15) is 4.39 Å². The number of aromatic nitrogens is 1. The highest BCUT2D eigenvalue weighted by Gasteiger charge is 2.31. The van der Waals surface area contributed by atoms with E-state index in [1.54, 1.807) is 6.20 Å². The summed E-state index contributed by atoms with van der Waals surface area (Å²) < 4.78 is 12.7. The van der Waals surface area contributed by atoms with Gasteiger partial charge in [-0.15, -0.1) is 0 Å². The third kappa shape index (κ3) is 1.57. The molecule has 2 aliphatic rings. The van der Waals surface area contributed by atoms with Crippen molar-refractivity contribution in [3.63, 3.8) is 0 Å². The van der Waals surface area contributed by atoms with Gasteiger partial charge in [0, 0.05) is 12.2 Å². The number of hydrogen-bond donors (Lipinski definition) is 1. The molecule has 0 saturated carbocycles. The summed E-state index contributed by atoms with van der Waals surface area (Å²) in [5.41, 5.74) is 2.37. The molecule has 2 atom stereocenters. The van der Waals surface area contributed by atoms with Crippen LogP contribution in [0.3, 0.4) is 0 Å². The highest BCUT2D eigenvalue weighted by atomic mass is 19.1. The number of halogens is 1. The van der Waals surface area contributed by atoms with Gasteiger partial charge in [-0.3, -0.25) is 0 Å². The number of hydrogen-bond acceptors (Lipinski definition) is 2. The van der Waals surface area contributed by atoms with Crippen LogP contribution in [0.2, 0.25) is 0 Å². The van der Waals surface area contributed by atoms with Crippen molar-refractivity contribution in [1.29, 1.82) is 0 Å². The van der Waals surface area contributed by atoms with Gasteiger partial charge < -0.3 is 5.32 Å². The minimum atomic E-state index is -0.407. The van der Waals surface area contributed by atoms with E-state index >= 15 is 0 Å². The lowest BCUT2D eigenvalue weighted by atomic mass is 10.00. The highest BCUT2D eigenvalue weighted by molar-refractivity contribution is 5.68. The molecule has 78 valence electrons. The summed E-state index contributed by atoms with van der Waals surface area (Å²) in [5.74, 6) is 0.334. The first-order valence-electron chi connectivity index (χ1n) is 5.39. The lowest BCUT2D eigenvalue weighted by Crippen LogP contribution is -2.20. The average molecular weight is 204 g/mol. The van der Waals surface area contributed by atoms with Crippen LogP contribution in [0.25, 0.3) is 5.57 Å². The van der Waals surface area contributed by atoms with E-state index in [9.17, 15) is 4.39 Å². The van der Waals surface area contributed by atoms with Crippen molar-refractivity contribution in [3.05, 3.63) is 35.9 Å². The van der Waals surface area contributed by atoms with Gasteiger partial charge in [-0.05, 0) is 48.6 Å². The topological polar surface area (TPSA) is 24.9 Å². The molecule has 2 nitrogen and oxygen atoms in total. The van der Waals surface area contributed by atoms with Crippen LogP contribution < -0.4 is 5.32 Å². The second-order valence-electron chi connectivity index (χ2n) is 4.29. The van der Waals surface area contributed by atoms with Gasteiger partial charge in [0.05, 0.1) is 0 Å². The Morgan fingerprint density at radius 2 is 2.33 bits per heavy atom. The molecule has 1 saturated heterocycles. The van der Waals surface area contributed by atoms with Crippen LogP contribution in [-0.2, 0) is 0 Å². The molecule has 1 N–H and O–H groups in total. The summed E-state index contributed by atoms with van der Waals surface area (Å²) in [6.07, 6.45) is 6.25. The Bertz CT molecular complexity index is 397. The summed E-state index contributed by atoms with van der Waals surface area (Å²) in [7, 11) is 0. The van der Waals surface area contributed by atoms with Crippen molar-refractivity contribution in [3.8, 4) is 0 Å². The van der Waals surface area contributed by atoms with Crippen LogP contribution in [0.4, 0.5) is 4.39 Å². The maximum atomic E-state index is 12.7. The van der Waals surface area contributed by atoms with E-state index in [1.807, 2.05) is 6.07 Å². The summed E-state index contributed by atoms with van der Waals surface area (Å²) in [6, 6.07) is 3.78. The van der Waals surface area contributed by atoms with Crippen molar-refractivity contribution in [2.24, 2.45) is 5.92 Å². The molecule has 1 aromatic rings. The molecule has 3 rings (SSSR count). The van der Waals surface area contributed by atoms with E-state index in [0.29, 0.717) is 6.04 Å². The van der Waals surface area contributed by atoms with Crippen LogP contribution in [0.5, 0.6) is 0 Å². The van der Waals surface area contributed by atoms with Gasteiger partial charge in [-0.1, -0.05) is 6.08 Å². The zero-order valence-corrected chi connectivity index (χ0v) is 8.41. The van der Waals surface area contributed by atoms with E-state index in [-0.39, 0.29) is 0 Å². The molecule has 0 amide bonds. The van der Waals surface area contributed by atoms with Crippen LogP contribution in [-0.4, -0.2) is 17.6 Å². The van der Waals surface area contributed by atoms with Crippen molar-refractivity contribution in [2.45, 2.75) is 18.9 Å². The van der Waals surface area contributed by atoms with Gasteiger partial charge in [0.2, 0.25) is 5.95 Å². The van der Waals surface area contributed by atoms with E-state index in [4.69, 9.17) is 0 Å². The average Bonchev–Trinajstić information content (AvgIpc) is 2.78. The van der Waals surface area contributed by atoms with Crippen LogP contribution >= 0.6 is 0 Å². The highest BCUT2D eigenvalue weighted by Crippen LogP contribution is 2.36. The molecule has 1 fully saturated rings.